The number of carbonyl (C=O) groups excluding carboxylic acids is 1. The first-order valence-corrected chi connectivity index (χ1v) is 6.09. The number of hydrogen-bond acceptors (Lipinski definition) is 5. The second-order valence-corrected chi connectivity index (χ2v) is 4.85. The van der Waals surface area contributed by atoms with Gasteiger partial charge in [-0.2, -0.15) is 0 Å². The Kier molecular flexibility index (Phi) is 3.52. The van der Waals surface area contributed by atoms with E-state index in [2.05, 4.69) is 9.88 Å². The van der Waals surface area contributed by atoms with E-state index in [0.717, 1.165) is 13.1 Å². The molecule has 1 saturated heterocycles. The lowest BCUT2D eigenvalue weighted by molar-refractivity contribution is 0.0360. The van der Waals surface area contributed by atoms with Crippen LogP contribution in [0.15, 0.2) is 11.7 Å². The van der Waals surface area contributed by atoms with Crippen molar-refractivity contribution in [1.82, 2.24) is 14.8 Å². The molecule has 1 unspecified atom stereocenters. The average Bonchev–Trinajstić information content (AvgIpc) is 2.81. The van der Waals surface area contributed by atoms with Crippen LogP contribution < -0.4 is 0 Å². The predicted octanol–water partition coefficient (Wildman–Crippen LogP) is -0.108. The highest BCUT2D eigenvalue weighted by Crippen LogP contribution is 2.15. The Morgan fingerprint density at radius 1 is 1.69 bits per heavy atom. The van der Waals surface area contributed by atoms with Gasteiger partial charge in [-0.15, -0.1) is 11.3 Å². The van der Waals surface area contributed by atoms with Crippen LogP contribution in [0, 0.1) is 0 Å². The highest BCUT2D eigenvalue weighted by atomic mass is 32.1. The summed E-state index contributed by atoms with van der Waals surface area (Å²) < 4.78 is 0. The van der Waals surface area contributed by atoms with Crippen LogP contribution >= 0.6 is 11.3 Å². The zero-order valence-corrected chi connectivity index (χ0v) is 9.98. The monoisotopic (exact) mass is 241 g/mol. The van der Waals surface area contributed by atoms with Crippen molar-refractivity contribution >= 4 is 17.2 Å². The van der Waals surface area contributed by atoms with Gasteiger partial charge in [0.15, 0.2) is 0 Å². The molecule has 1 aliphatic heterocycles. The number of thiazole rings is 1. The number of aromatic nitrogens is 1. The van der Waals surface area contributed by atoms with Gasteiger partial charge in [0.2, 0.25) is 0 Å². The Balaban J connectivity index is 2.10. The summed E-state index contributed by atoms with van der Waals surface area (Å²) in [6.45, 7) is 2.25. The van der Waals surface area contributed by atoms with E-state index in [9.17, 15) is 9.90 Å². The maximum absolute atomic E-state index is 12.1. The molecule has 1 aromatic rings. The van der Waals surface area contributed by atoms with Crippen molar-refractivity contribution in [2.24, 2.45) is 0 Å². The number of piperazine rings is 1. The highest BCUT2D eigenvalue weighted by Gasteiger charge is 2.29. The van der Waals surface area contributed by atoms with Crippen molar-refractivity contribution in [1.29, 1.82) is 0 Å². The molecule has 1 amide bonds. The average molecular weight is 241 g/mol. The van der Waals surface area contributed by atoms with Gasteiger partial charge in [-0.1, -0.05) is 0 Å². The molecule has 2 heterocycles. The van der Waals surface area contributed by atoms with E-state index >= 15 is 0 Å². The summed E-state index contributed by atoms with van der Waals surface area (Å²) in [5.74, 6) is -0.0188. The maximum atomic E-state index is 12.1. The summed E-state index contributed by atoms with van der Waals surface area (Å²) in [5, 5.41) is 9.29. The van der Waals surface area contributed by atoms with Gasteiger partial charge in [-0.05, 0) is 7.05 Å². The second-order valence-electron chi connectivity index (χ2n) is 3.96. The molecule has 16 heavy (non-hydrogen) atoms. The molecule has 2 rings (SSSR count). The molecule has 0 aromatic carbocycles. The summed E-state index contributed by atoms with van der Waals surface area (Å²) in [5.41, 5.74) is 1.65. The van der Waals surface area contributed by atoms with Crippen LogP contribution in [0.25, 0.3) is 0 Å². The first kappa shape index (κ1) is 11.5. The number of aliphatic hydroxyl groups is 1. The number of carbonyl (C=O) groups is 1. The van der Waals surface area contributed by atoms with Gasteiger partial charge in [-0.25, -0.2) is 0 Å². The fourth-order valence-corrected chi connectivity index (χ4v) is 2.47. The largest absolute Gasteiger partial charge is 0.394 e. The molecule has 0 radical (unpaired) electrons. The Morgan fingerprint density at radius 2 is 2.50 bits per heavy atom. The predicted molar refractivity (Wildman–Crippen MR) is 61.5 cm³/mol. The SMILES string of the molecule is CN1CCN(C(=O)c2cncs2)C(CO)C1. The van der Waals surface area contributed by atoms with Crippen molar-refractivity contribution in [2.75, 3.05) is 33.3 Å². The molecular weight excluding hydrogens is 226 g/mol. The van der Waals surface area contributed by atoms with Crippen molar-refractivity contribution < 1.29 is 9.90 Å². The molecule has 1 aliphatic rings. The summed E-state index contributed by atoms with van der Waals surface area (Å²) in [7, 11) is 2.00. The number of aliphatic hydroxyl groups excluding tert-OH is 1. The molecule has 1 N–H and O–H groups in total. The van der Waals surface area contributed by atoms with Crippen LogP contribution in [0.2, 0.25) is 0 Å². The van der Waals surface area contributed by atoms with E-state index in [1.807, 2.05) is 7.05 Å². The first-order valence-electron chi connectivity index (χ1n) is 5.21. The van der Waals surface area contributed by atoms with Crippen molar-refractivity contribution in [2.45, 2.75) is 6.04 Å². The van der Waals surface area contributed by atoms with Gasteiger partial charge in [0.25, 0.3) is 5.91 Å². The molecule has 0 spiro atoms. The second kappa shape index (κ2) is 4.90. The lowest BCUT2D eigenvalue weighted by Gasteiger charge is -2.38. The van der Waals surface area contributed by atoms with Crippen LogP contribution in [0.5, 0.6) is 0 Å². The van der Waals surface area contributed by atoms with Crippen molar-refractivity contribution in [3.05, 3.63) is 16.6 Å². The van der Waals surface area contributed by atoms with Crippen LogP contribution in [-0.2, 0) is 0 Å². The molecule has 1 fully saturated rings. The van der Waals surface area contributed by atoms with E-state index in [1.54, 1.807) is 16.6 Å². The minimum Gasteiger partial charge on any atom is -0.394 e. The number of nitrogens with zero attached hydrogens (tertiary/aromatic N) is 3. The van der Waals surface area contributed by atoms with Gasteiger partial charge >= 0.3 is 0 Å². The van der Waals surface area contributed by atoms with Crippen LogP contribution in [0.3, 0.4) is 0 Å². The van der Waals surface area contributed by atoms with Crippen molar-refractivity contribution in [3.8, 4) is 0 Å². The number of rotatable bonds is 2. The van der Waals surface area contributed by atoms with E-state index < -0.39 is 0 Å². The van der Waals surface area contributed by atoms with Crippen LogP contribution in [0.1, 0.15) is 9.67 Å². The Morgan fingerprint density at radius 3 is 3.12 bits per heavy atom. The summed E-state index contributed by atoms with van der Waals surface area (Å²) in [4.78, 5) is 20.5. The molecule has 88 valence electrons. The number of amides is 1. The molecule has 6 heteroatoms. The Bertz CT molecular complexity index is 355. The molecule has 0 bridgehead atoms. The first-order chi connectivity index (χ1) is 7.72. The number of hydrogen-bond donors (Lipinski definition) is 1. The van der Waals surface area contributed by atoms with E-state index in [-0.39, 0.29) is 18.6 Å². The minimum atomic E-state index is -0.103. The van der Waals surface area contributed by atoms with Gasteiger partial charge in [0.05, 0.1) is 24.4 Å². The molecule has 5 nitrogen and oxygen atoms in total. The normalized spacial score (nSPS) is 22.4. The zero-order valence-electron chi connectivity index (χ0n) is 9.17. The molecule has 1 atom stereocenters. The van der Waals surface area contributed by atoms with Gasteiger partial charge in [0.1, 0.15) is 4.88 Å². The van der Waals surface area contributed by atoms with Crippen molar-refractivity contribution in [3.63, 3.8) is 0 Å². The lowest BCUT2D eigenvalue weighted by Crippen LogP contribution is -2.55. The Hall–Kier alpha value is -0.980. The third kappa shape index (κ3) is 2.23. The molecule has 1 aromatic heterocycles. The maximum Gasteiger partial charge on any atom is 0.265 e. The molecule has 0 aliphatic carbocycles. The van der Waals surface area contributed by atoms with Gasteiger partial charge in [-0.3, -0.25) is 9.78 Å². The lowest BCUT2D eigenvalue weighted by atomic mass is 10.2. The van der Waals surface area contributed by atoms with Crippen LogP contribution in [0.4, 0.5) is 0 Å². The third-order valence-electron chi connectivity index (χ3n) is 2.80. The van der Waals surface area contributed by atoms with E-state index in [1.165, 1.54) is 11.3 Å². The minimum absolute atomic E-state index is 0.00881. The third-order valence-corrected chi connectivity index (χ3v) is 3.56. The highest BCUT2D eigenvalue weighted by molar-refractivity contribution is 7.11. The van der Waals surface area contributed by atoms with Gasteiger partial charge in [0, 0.05) is 19.6 Å². The quantitative estimate of drug-likeness (QED) is 0.785. The standard InChI is InChI=1S/C10H15N3O2S/c1-12-2-3-13(8(5-12)6-14)10(15)9-4-11-7-16-9/h4,7-8,14H,2-3,5-6H2,1H3. The summed E-state index contributed by atoms with van der Waals surface area (Å²) in [6, 6.07) is -0.103. The van der Waals surface area contributed by atoms with E-state index in [4.69, 9.17) is 0 Å². The molecule has 0 saturated carbocycles. The smallest absolute Gasteiger partial charge is 0.265 e. The number of likely N-dealkylation sites (N-methyl/N-ethyl adjacent to an activating group) is 1. The van der Waals surface area contributed by atoms with Crippen LogP contribution in [-0.4, -0.2) is 65.1 Å². The van der Waals surface area contributed by atoms with E-state index in [0.29, 0.717) is 11.4 Å². The molecular formula is C10H15N3O2S. The summed E-state index contributed by atoms with van der Waals surface area (Å²) in [6.07, 6.45) is 1.58. The Labute approximate surface area is 98.3 Å². The summed E-state index contributed by atoms with van der Waals surface area (Å²) >= 11 is 1.34. The van der Waals surface area contributed by atoms with Gasteiger partial charge < -0.3 is 14.9 Å². The zero-order chi connectivity index (χ0) is 11.5. The fraction of sp³-hybridized carbons (Fsp3) is 0.600. The topological polar surface area (TPSA) is 56.7 Å². The fourth-order valence-electron chi connectivity index (χ4n) is 1.90.